The number of carbonyl (C=O) groups is 1. The normalized spacial score (nSPS) is 19.3. The molecule has 1 aromatic heterocycles. The molecule has 5 rings (SSSR count). The van der Waals surface area contributed by atoms with Crippen LogP contribution in [0.1, 0.15) is 59.9 Å². The molecule has 2 aliphatic heterocycles. The summed E-state index contributed by atoms with van der Waals surface area (Å²) in [5.74, 6) is 0.529. The third-order valence-electron chi connectivity index (χ3n) is 7.40. The van der Waals surface area contributed by atoms with E-state index in [0.29, 0.717) is 24.1 Å². The van der Waals surface area contributed by atoms with Gasteiger partial charge in [-0.25, -0.2) is 9.97 Å². The van der Waals surface area contributed by atoms with Crippen LogP contribution >= 0.6 is 0 Å². The van der Waals surface area contributed by atoms with E-state index in [4.69, 9.17) is 15.5 Å². The Morgan fingerprint density at radius 2 is 1.83 bits per heavy atom. The molecule has 186 valence electrons. The molecule has 0 bridgehead atoms. The first-order chi connectivity index (χ1) is 17.1. The van der Waals surface area contributed by atoms with Crippen LogP contribution in [0, 0.1) is 0 Å². The van der Waals surface area contributed by atoms with Crippen LogP contribution in [0.5, 0.6) is 0 Å². The predicted molar refractivity (Wildman–Crippen MR) is 138 cm³/mol. The van der Waals surface area contributed by atoms with E-state index in [2.05, 4.69) is 50.9 Å². The molecule has 3 aliphatic rings. The molecule has 0 spiro atoms. The lowest BCUT2D eigenvalue weighted by Crippen LogP contribution is -2.35. The number of rotatable bonds is 7. The number of hydrogen-bond acceptors (Lipinski definition) is 7. The number of amides is 1. The molecule has 0 atom stereocenters. The monoisotopic (exact) mass is 476 g/mol. The quantitative estimate of drug-likeness (QED) is 0.525. The van der Waals surface area contributed by atoms with E-state index in [1.54, 1.807) is 0 Å². The van der Waals surface area contributed by atoms with Crippen LogP contribution in [0.15, 0.2) is 30.4 Å². The van der Waals surface area contributed by atoms with E-state index < -0.39 is 5.91 Å². The zero-order valence-electron chi connectivity index (χ0n) is 20.6. The van der Waals surface area contributed by atoms with Crippen molar-refractivity contribution in [1.82, 2.24) is 14.9 Å². The van der Waals surface area contributed by atoms with Crippen molar-refractivity contribution in [3.05, 3.63) is 52.9 Å². The summed E-state index contributed by atoms with van der Waals surface area (Å²) in [6, 6.07) is 7.39. The van der Waals surface area contributed by atoms with E-state index in [1.165, 1.54) is 11.1 Å². The summed E-state index contributed by atoms with van der Waals surface area (Å²) >= 11 is 0. The molecule has 35 heavy (non-hydrogen) atoms. The first-order valence-electron chi connectivity index (χ1n) is 12.9. The van der Waals surface area contributed by atoms with Crippen LogP contribution in [-0.4, -0.2) is 59.2 Å². The maximum atomic E-state index is 12.3. The number of aromatic nitrogens is 2. The largest absolute Gasteiger partial charge is 0.381 e. The number of anilines is 3. The highest BCUT2D eigenvalue weighted by Crippen LogP contribution is 2.28. The standard InChI is InChI=1S/C27H36N6O2/c1-2-23-26(29-20-11-15-35-16-12-20)32-27(24(31-23)25(28)34)30-21-8-7-18-9-13-33(14-10-19(18)17-21)22-5-3-4-6-22/h3-4,7-8,17,20,22H,2,5-6,9-16H2,1H3,(H2,28,34)(H2,29,30,32). The predicted octanol–water partition coefficient (Wildman–Crippen LogP) is 3.59. The number of primary amides is 1. The van der Waals surface area contributed by atoms with Gasteiger partial charge in [-0.3, -0.25) is 9.69 Å². The Labute approximate surface area is 207 Å². The summed E-state index contributed by atoms with van der Waals surface area (Å²) in [6.07, 6.45) is 11.5. The van der Waals surface area contributed by atoms with E-state index >= 15 is 0 Å². The lowest BCUT2D eigenvalue weighted by atomic mass is 10.0. The van der Waals surface area contributed by atoms with Gasteiger partial charge in [0.25, 0.3) is 5.91 Å². The van der Waals surface area contributed by atoms with Crippen molar-refractivity contribution < 1.29 is 9.53 Å². The topological polar surface area (TPSA) is 105 Å². The molecule has 1 saturated heterocycles. The number of carbonyl (C=O) groups excluding carboxylic acids is 1. The van der Waals surface area contributed by atoms with Gasteiger partial charge in [-0.15, -0.1) is 0 Å². The van der Waals surface area contributed by atoms with Gasteiger partial charge >= 0.3 is 0 Å². The zero-order valence-corrected chi connectivity index (χ0v) is 20.6. The number of nitrogens with two attached hydrogens (primary N) is 1. The third kappa shape index (κ3) is 5.49. The van der Waals surface area contributed by atoms with E-state index in [-0.39, 0.29) is 11.7 Å². The van der Waals surface area contributed by atoms with Crippen molar-refractivity contribution >= 4 is 23.2 Å². The second-order valence-electron chi connectivity index (χ2n) is 9.71. The molecule has 1 fully saturated rings. The molecular weight excluding hydrogens is 440 g/mol. The summed E-state index contributed by atoms with van der Waals surface area (Å²) in [5.41, 5.74) is 10.3. The van der Waals surface area contributed by atoms with Crippen molar-refractivity contribution in [2.45, 2.75) is 64.0 Å². The molecule has 0 saturated carbocycles. The fourth-order valence-electron chi connectivity index (χ4n) is 5.35. The Hall–Kier alpha value is -2.97. The number of fused-ring (bicyclic) bond motifs is 1. The minimum atomic E-state index is -0.581. The first-order valence-corrected chi connectivity index (χ1v) is 12.9. The number of benzene rings is 1. The van der Waals surface area contributed by atoms with Gasteiger partial charge in [-0.05, 0) is 68.2 Å². The number of ether oxygens (including phenoxy) is 1. The van der Waals surface area contributed by atoms with Gasteiger partial charge in [-0.2, -0.15) is 0 Å². The molecule has 0 radical (unpaired) electrons. The second-order valence-corrected chi connectivity index (χ2v) is 9.71. The minimum Gasteiger partial charge on any atom is -0.381 e. The van der Waals surface area contributed by atoms with Crippen LogP contribution in [0.3, 0.4) is 0 Å². The van der Waals surface area contributed by atoms with Crippen LogP contribution in [0.4, 0.5) is 17.3 Å². The summed E-state index contributed by atoms with van der Waals surface area (Å²) < 4.78 is 5.48. The first kappa shape index (κ1) is 23.8. The number of hydrogen-bond donors (Lipinski definition) is 3. The summed E-state index contributed by atoms with van der Waals surface area (Å²) in [7, 11) is 0. The highest BCUT2D eigenvalue weighted by Gasteiger charge is 2.23. The van der Waals surface area contributed by atoms with Gasteiger partial charge in [-0.1, -0.05) is 25.1 Å². The lowest BCUT2D eigenvalue weighted by molar-refractivity contribution is 0.0903. The van der Waals surface area contributed by atoms with Crippen molar-refractivity contribution in [3.8, 4) is 0 Å². The van der Waals surface area contributed by atoms with Crippen LogP contribution in [0.25, 0.3) is 0 Å². The maximum Gasteiger partial charge on any atom is 0.271 e. The molecule has 2 aromatic rings. The van der Waals surface area contributed by atoms with Crippen LogP contribution < -0.4 is 16.4 Å². The van der Waals surface area contributed by atoms with Gasteiger partial charge in [0.15, 0.2) is 17.3 Å². The van der Waals surface area contributed by atoms with Crippen molar-refractivity contribution in [2.24, 2.45) is 5.73 Å². The SMILES string of the molecule is CCc1nc(C(N)=O)c(Nc2ccc3c(c2)CCN(C2CC=CC2)CC3)nc1NC1CCOCC1. The Morgan fingerprint density at radius 1 is 1.09 bits per heavy atom. The second kappa shape index (κ2) is 10.7. The average Bonchev–Trinajstić information content (AvgIpc) is 3.32. The molecule has 4 N–H and O–H groups in total. The third-order valence-corrected chi connectivity index (χ3v) is 7.40. The van der Waals surface area contributed by atoms with Crippen molar-refractivity contribution in [3.63, 3.8) is 0 Å². The summed E-state index contributed by atoms with van der Waals surface area (Å²) in [6.45, 7) is 5.65. The molecule has 1 amide bonds. The van der Waals surface area contributed by atoms with Gasteiger partial charge in [0, 0.05) is 44.1 Å². The molecule has 0 unspecified atom stereocenters. The van der Waals surface area contributed by atoms with Gasteiger partial charge in [0.05, 0.1) is 5.69 Å². The van der Waals surface area contributed by atoms with Crippen molar-refractivity contribution in [2.75, 3.05) is 36.9 Å². The molecular formula is C27H36N6O2. The Kier molecular flexibility index (Phi) is 7.29. The lowest BCUT2D eigenvalue weighted by Gasteiger charge is -2.26. The molecule has 1 aromatic carbocycles. The highest BCUT2D eigenvalue weighted by atomic mass is 16.5. The molecule has 3 heterocycles. The molecule has 8 nitrogen and oxygen atoms in total. The fourth-order valence-corrected chi connectivity index (χ4v) is 5.35. The van der Waals surface area contributed by atoms with Gasteiger partial charge in [0.1, 0.15) is 0 Å². The van der Waals surface area contributed by atoms with Gasteiger partial charge < -0.3 is 21.1 Å². The van der Waals surface area contributed by atoms with Crippen molar-refractivity contribution in [1.29, 1.82) is 0 Å². The summed E-state index contributed by atoms with van der Waals surface area (Å²) in [4.78, 5) is 24.3. The Balaban J connectivity index is 1.37. The Morgan fingerprint density at radius 3 is 2.54 bits per heavy atom. The van der Waals surface area contributed by atoms with E-state index in [0.717, 1.165) is 76.2 Å². The number of nitrogens with one attached hydrogen (secondary N) is 2. The minimum absolute atomic E-state index is 0.175. The van der Waals surface area contributed by atoms with Crippen LogP contribution in [-0.2, 0) is 24.0 Å². The Bertz CT molecular complexity index is 1090. The fraction of sp³-hybridized carbons (Fsp3) is 0.519. The average molecular weight is 477 g/mol. The molecule has 8 heteroatoms. The zero-order chi connectivity index (χ0) is 24.2. The number of aryl methyl sites for hydroxylation is 1. The van der Waals surface area contributed by atoms with Gasteiger partial charge in [0.2, 0.25) is 0 Å². The summed E-state index contributed by atoms with van der Waals surface area (Å²) in [5, 5.41) is 6.88. The van der Waals surface area contributed by atoms with Crippen LogP contribution in [0.2, 0.25) is 0 Å². The molecule has 1 aliphatic carbocycles. The van der Waals surface area contributed by atoms with E-state index in [9.17, 15) is 4.79 Å². The highest BCUT2D eigenvalue weighted by molar-refractivity contribution is 5.96. The maximum absolute atomic E-state index is 12.3. The smallest absolute Gasteiger partial charge is 0.271 e. The van der Waals surface area contributed by atoms with E-state index in [1.807, 2.05) is 6.92 Å². The number of nitrogens with zero attached hydrogens (tertiary/aromatic N) is 3.